The molecule has 0 N–H and O–H groups in total. The monoisotopic (exact) mass is 273 g/mol. The van der Waals surface area contributed by atoms with Crippen molar-refractivity contribution in [3.63, 3.8) is 0 Å². The van der Waals surface area contributed by atoms with Gasteiger partial charge >= 0.3 is 0 Å². The molecule has 6 nitrogen and oxygen atoms in total. The van der Waals surface area contributed by atoms with Gasteiger partial charge in [-0.1, -0.05) is 11.3 Å². The van der Waals surface area contributed by atoms with Crippen molar-refractivity contribution in [1.29, 1.82) is 0 Å². The third-order valence-electron chi connectivity index (χ3n) is 3.68. The van der Waals surface area contributed by atoms with Gasteiger partial charge in [0, 0.05) is 52.1 Å². The van der Waals surface area contributed by atoms with Crippen molar-refractivity contribution in [2.24, 2.45) is 7.05 Å². The van der Waals surface area contributed by atoms with Crippen molar-refractivity contribution in [1.82, 2.24) is 24.9 Å². The minimum atomic E-state index is 0.320. The number of nitrogens with zero attached hydrogens (tertiary/aromatic N) is 5. The first-order valence-electron chi connectivity index (χ1n) is 6.76. The van der Waals surface area contributed by atoms with Crippen LogP contribution in [0.3, 0.4) is 0 Å². The summed E-state index contributed by atoms with van der Waals surface area (Å²) in [6, 6.07) is 4.07. The van der Waals surface area contributed by atoms with Crippen LogP contribution in [0.4, 0.5) is 0 Å². The molecule has 0 saturated heterocycles. The lowest BCUT2D eigenvalue weighted by atomic mass is 9.98. The van der Waals surface area contributed by atoms with Gasteiger partial charge in [0.2, 0.25) is 0 Å². The minimum absolute atomic E-state index is 0.320. The van der Waals surface area contributed by atoms with Crippen LogP contribution >= 0.6 is 0 Å². The second-order valence-corrected chi connectivity index (χ2v) is 5.23. The molecule has 0 radical (unpaired) electrons. The van der Waals surface area contributed by atoms with E-state index in [1.807, 2.05) is 24.0 Å². The molecule has 2 aromatic heterocycles. The Hall–Kier alpha value is -1.79. The number of methoxy groups -OCH3 is 1. The quantitative estimate of drug-likeness (QED) is 0.830. The number of aromatic nitrogens is 4. The Morgan fingerprint density at radius 3 is 3.10 bits per heavy atom. The molecule has 3 heterocycles. The smallest absolute Gasteiger partial charge is 0.100 e. The Morgan fingerprint density at radius 2 is 2.35 bits per heavy atom. The molecule has 0 aromatic carbocycles. The molecule has 1 unspecified atom stereocenters. The first-order valence-corrected chi connectivity index (χ1v) is 6.76. The van der Waals surface area contributed by atoms with Crippen LogP contribution in [0.25, 0.3) is 0 Å². The molecule has 106 valence electrons. The molecule has 2 aromatic rings. The Balaban J connectivity index is 1.79. The zero-order chi connectivity index (χ0) is 13.9. The number of aryl methyl sites for hydroxylation is 1. The van der Waals surface area contributed by atoms with Crippen LogP contribution in [0.15, 0.2) is 24.5 Å². The molecule has 0 amide bonds. The molecule has 0 saturated carbocycles. The van der Waals surface area contributed by atoms with Crippen molar-refractivity contribution in [3.05, 3.63) is 41.5 Å². The number of pyridine rings is 1. The summed E-state index contributed by atoms with van der Waals surface area (Å²) in [6.07, 6.45) is 3.71. The normalized spacial score (nSPS) is 19.0. The molecular formula is C14H19N5O. The second kappa shape index (κ2) is 5.68. The first-order chi connectivity index (χ1) is 9.78. The summed E-state index contributed by atoms with van der Waals surface area (Å²) < 4.78 is 7.23. The molecule has 0 fully saturated rings. The van der Waals surface area contributed by atoms with Gasteiger partial charge < -0.3 is 4.74 Å². The molecule has 3 rings (SSSR count). The van der Waals surface area contributed by atoms with E-state index in [1.54, 1.807) is 13.3 Å². The maximum atomic E-state index is 5.35. The lowest BCUT2D eigenvalue weighted by molar-refractivity contribution is 0.132. The lowest BCUT2D eigenvalue weighted by Gasteiger charge is -2.31. The Morgan fingerprint density at radius 1 is 1.45 bits per heavy atom. The molecule has 1 atom stereocenters. The summed E-state index contributed by atoms with van der Waals surface area (Å²) in [5, 5.41) is 8.43. The first kappa shape index (κ1) is 13.2. The SMILES string of the molecule is COCC1CN(Cc2cccnc2)Cc2nnn(C)c21. The minimum Gasteiger partial charge on any atom is -0.384 e. The maximum absolute atomic E-state index is 5.35. The van der Waals surface area contributed by atoms with Crippen LogP contribution in [0.1, 0.15) is 22.9 Å². The van der Waals surface area contributed by atoms with Crippen molar-refractivity contribution < 1.29 is 4.74 Å². The van der Waals surface area contributed by atoms with Gasteiger partial charge in [0.25, 0.3) is 0 Å². The largest absolute Gasteiger partial charge is 0.384 e. The van der Waals surface area contributed by atoms with Gasteiger partial charge in [-0.15, -0.1) is 5.10 Å². The van der Waals surface area contributed by atoms with Crippen LogP contribution in [0, 0.1) is 0 Å². The highest BCUT2D eigenvalue weighted by Gasteiger charge is 2.29. The molecule has 0 spiro atoms. The summed E-state index contributed by atoms with van der Waals surface area (Å²) in [7, 11) is 3.69. The molecule has 0 aliphatic carbocycles. The van der Waals surface area contributed by atoms with Crippen LogP contribution in [0.5, 0.6) is 0 Å². The number of ether oxygens (including phenoxy) is 1. The van der Waals surface area contributed by atoms with E-state index in [0.29, 0.717) is 12.5 Å². The Kier molecular flexibility index (Phi) is 3.75. The number of rotatable bonds is 4. The third kappa shape index (κ3) is 2.57. The average molecular weight is 273 g/mol. The van der Waals surface area contributed by atoms with Gasteiger partial charge in [-0.25, -0.2) is 0 Å². The van der Waals surface area contributed by atoms with Gasteiger partial charge in [-0.3, -0.25) is 14.6 Å². The Labute approximate surface area is 118 Å². The van der Waals surface area contributed by atoms with E-state index >= 15 is 0 Å². The van der Waals surface area contributed by atoms with Gasteiger partial charge in [-0.05, 0) is 11.6 Å². The summed E-state index contributed by atoms with van der Waals surface area (Å²) in [4.78, 5) is 6.54. The summed E-state index contributed by atoms with van der Waals surface area (Å²) in [6.45, 7) is 3.36. The topological polar surface area (TPSA) is 56.1 Å². The second-order valence-electron chi connectivity index (χ2n) is 5.23. The average Bonchev–Trinajstić information content (AvgIpc) is 2.82. The van der Waals surface area contributed by atoms with Crippen LogP contribution in [0.2, 0.25) is 0 Å². The van der Waals surface area contributed by atoms with E-state index < -0.39 is 0 Å². The zero-order valence-corrected chi connectivity index (χ0v) is 11.9. The van der Waals surface area contributed by atoms with E-state index in [1.165, 1.54) is 11.3 Å². The highest BCUT2D eigenvalue weighted by molar-refractivity contribution is 5.20. The molecule has 1 aliphatic heterocycles. The number of fused-ring (bicyclic) bond motifs is 1. The molecule has 1 aliphatic rings. The predicted octanol–water partition coefficient (Wildman–Crippen LogP) is 0.956. The summed E-state index contributed by atoms with van der Waals surface area (Å²) in [5.74, 6) is 0.320. The third-order valence-corrected chi connectivity index (χ3v) is 3.68. The fraction of sp³-hybridized carbons (Fsp3) is 0.500. The highest BCUT2D eigenvalue weighted by atomic mass is 16.5. The van der Waals surface area contributed by atoms with E-state index in [-0.39, 0.29) is 0 Å². The van der Waals surface area contributed by atoms with Gasteiger partial charge in [0.15, 0.2) is 0 Å². The standard InChI is InChI=1S/C14H19N5O/c1-18-14-12(10-20-2)8-19(9-13(14)16-17-18)7-11-4-3-5-15-6-11/h3-6,12H,7-10H2,1-2H3. The molecule has 20 heavy (non-hydrogen) atoms. The number of hydrogen-bond donors (Lipinski definition) is 0. The molecule has 6 heteroatoms. The molecule has 0 bridgehead atoms. The lowest BCUT2D eigenvalue weighted by Crippen LogP contribution is -2.35. The Bertz CT molecular complexity index is 568. The van der Waals surface area contributed by atoms with E-state index in [0.717, 1.165) is 25.3 Å². The van der Waals surface area contributed by atoms with E-state index in [9.17, 15) is 0 Å². The zero-order valence-electron chi connectivity index (χ0n) is 11.9. The van der Waals surface area contributed by atoms with Crippen molar-refractivity contribution >= 4 is 0 Å². The fourth-order valence-corrected chi connectivity index (χ4v) is 2.90. The fourth-order valence-electron chi connectivity index (χ4n) is 2.90. The van der Waals surface area contributed by atoms with Gasteiger partial charge in [-0.2, -0.15) is 0 Å². The van der Waals surface area contributed by atoms with Gasteiger partial charge in [0.05, 0.1) is 12.3 Å². The summed E-state index contributed by atoms with van der Waals surface area (Å²) in [5.41, 5.74) is 3.48. The summed E-state index contributed by atoms with van der Waals surface area (Å²) >= 11 is 0. The van der Waals surface area contributed by atoms with E-state index in [2.05, 4.69) is 26.3 Å². The predicted molar refractivity (Wildman–Crippen MR) is 74.0 cm³/mol. The highest BCUT2D eigenvalue weighted by Crippen LogP contribution is 2.27. The van der Waals surface area contributed by atoms with Crippen LogP contribution in [-0.2, 0) is 24.9 Å². The number of hydrogen-bond acceptors (Lipinski definition) is 5. The van der Waals surface area contributed by atoms with Crippen molar-refractivity contribution in [2.45, 2.75) is 19.0 Å². The van der Waals surface area contributed by atoms with Crippen LogP contribution in [-0.4, -0.2) is 45.1 Å². The van der Waals surface area contributed by atoms with E-state index in [4.69, 9.17) is 4.74 Å². The van der Waals surface area contributed by atoms with Crippen molar-refractivity contribution in [3.8, 4) is 0 Å². The maximum Gasteiger partial charge on any atom is 0.100 e. The van der Waals surface area contributed by atoms with Crippen molar-refractivity contribution in [2.75, 3.05) is 20.3 Å². The van der Waals surface area contributed by atoms with Crippen LogP contribution < -0.4 is 0 Å². The van der Waals surface area contributed by atoms with Gasteiger partial charge in [0.1, 0.15) is 5.69 Å². The molecular weight excluding hydrogens is 254 g/mol.